The maximum absolute atomic E-state index is 13.3. The topological polar surface area (TPSA) is 27.0 Å². The molecule has 0 bridgehead atoms. The highest BCUT2D eigenvalue weighted by Gasteiger charge is 2.12. The van der Waals surface area contributed by atoms with E-state index >= 15 is 0 Å². The van der Waals surface area contributed by atoms with Crippen molar-refractivity contribution in [2.24, 2.45) is 0 Å². The molecule has 2 nitrogen and oxygen atoms in total. The molecule has 2 aromatic carbocycles. The van der Waals surface area contributed by atoms with E-state index < -0.39 is 0 Å². The average molecular weight is 319 g/mol. The van der Waals surface area contributed by atoms with Crippen LogP contribution >= 0.6 is 15.9 Å². The second-order valence-corrected chi connectivity index (χ2v) is 4.91. The van der Waals surface area contributed by atoms with Crippen molar-refractivity contribution in [1.82, 2.24) is 0 Å². The van der Waals surface area contributed by atoms with Gasteiger partial charge in [0.2, 0.25) is 0 Å². The highest BCUT2D eigenvalue weighted by molar-refractivity contribution is 9.10. The third-order valence-electron chi connectivity index (χ3n) is 2.81. The van der Waals surface area contributed by atoms with Gasteiger partial charge in [-0.15, -0.1) is 0 Å². The Kier molecular flexibility index (Phi) is 4.18. The molecular weight excluding hydrogens is 307 g/mol. The summed E-state index contributed by atoms with van der Waals surface area (Å²) in [7, 11) is 0. The van der Waals surface area contributed by atoms with E-state index in [1.807, 2.05) is 30.0 Å². The van der Waals surface area contributed by atoms with E-state index in [0.717, 1.165) is 15.8 Å². The molecule has 0 N–H and O–H groups in total. The molecule has 0 aromatic heterocycles. The Bertz CT molecular complexity index is 634. The number of hydrogen-bond acceptors (Lipinski definition) is 2. The van der Waals surface area contributed by atoms with Crippen molar-refractivity contribution >= 4 is 27.3 Å². The molecule has 0 heterocycles. The summed E-state index contributed by atoms with van der Waals surface area (Å²) < 4.78 is 14.2. The maximum Gasteiger partial charge on any atom is 0.125 e. The highest BCUT2D eigenvalue weighted by Crippen LogP contribution is 2.30. The molecule has 2 rings (SSSR count). The van der Waals surface area contributed by atoms with Crippen molar-refractivity contribution in [3.05, 3.63) is 58.3 Å². The molecule has 0 aliphatic carbocycles. The van der Waals surface area contributed by atoms with Crippen LogP contribution in [0.4, 0.5) is 15.8 Å². The number of rotatable bonds is 3. The zero-order valence-corrected chi connectivity index (χ0v) is 12.0. The van der Waals surface area contributed by atoms with E-state index in [1.165, 1.54) is 12.1 Å². The Hall–Kier alpha value is -1.86. The second-order valence-electron chi connectivity index (χ2n) is 4.00. The Morgan fingerprint density at radius 1 is 1.26 bits per heavy atom. The van der Waals surface area contributed by atoms with Crippen molar-refractivity contribution in [2.75, 3.05) is 11.4 Å². The van der Waals surface area contributed by atoms with Crippen LogP contribution in [0.2, 0.25) is 0 Å². The molecule has 0 aliphatic heterocycles. The van der Waals surface area contributed by atoms with Crippen LogP contribution in [0.15, 0.2) is 46.9 Å². The zero-order chi connectivity index (χ0) is 13.8. The minimum Gasteiger partial charge on any atom is -0.341 e. The van der Waals surface area contributed by atoms with Crippen molar-refractivity contribution in [3.8, 4) is 6.07 Å². The SMILES string of the molecule is CCN(c1cccc(F)c1)c1ccc(Br)cc1C#N. The molecule has 4 heteroatoms. The van der Waals surface area contributed by atoms with Gasteiger partial charge in [-0.1, -0.05) is 22.0 Å². The Balaban J connectivity index is 2.52. The molecule has 0 radical (unpaired) electrons. The lowest BCUT2D eigenvalue weighted by Crippen LogP contribution is -2.17. The second kappa shape index (κ2) is 5.85. The first-order valence-electron chi connectivity index (χ1n) is 5.88. The van der Waals surface area contributed by atoms with Crippen molar-refractivity contribution in [2.45, 2.75) is 6.92 Å². The fourth-order valence-corrected chi connectivity index (χ4v) is 2.33. The number of nitrogens with zero attached hydrogens (tertiary/aromatic N) is 2. The molecule has 19 heavy (non-hydrogen) atoms. The average Bonchev–Trinajstić information content (AvgIpc) is 2.41. The van der Waals surface area contributed by atoms with Crippen LogP contribution in [0.1, 0.15) is 12.5 Å². The monoisotopic (exact) mass is 318 g/mol. The molecule has 0 amide bonds. The van der Waals surface area contributed by atoms with Crippen LogP contribution in [0.5, 0.6) is 0 Å². The summed E-state index contributed by atoms with van der Waals surface area (Å²) >= 11 is 3.35. The number of halogens is 2. The molecule has 0 fully saturated rings. The van der Waals surface area contributed by atoms with Crippen molar-refractivity contribution in [3.63, 3.8) is 0 Å². The highest BCUT2D eigenvalue weighted by atomic mass is 79.9. The van der Waals surface area contributed by atoms with Crippen LogP contribution in [-0.4, -0.2) is 6.54 Å². The van der Waals surface area contributed by atoms with E-state index in [0.29, 0.717) is 12.1 Å². The first kappa shape index (κ1) is 13.6. The third kappa shape index (κ3) is 2.94. The van der Waals surface area contributed by atoms with Crippen molar-refractivity contribution in [1.29, 1.82) is 5.26 Å². The fraction of sp³-hybridized carbons (Fsp3) is 0.133. The quantitative estimate of drug-likeness (QED) is 0.825. The van der Waals surface area contributed by atoms with Crippen LogP contribution in [-0.2, 0) is 0 Å². The van der Waals surface area contributed by atoms with Crippen LogP contribution in [0.3, 0.4) is 0 Å². The van der Waals surface area contributed by atoms with E-state index in [2.05, 4.69) is 22.0 Å². The molecule has 0 saturated heterocycles. The normalized spacial score (nSPS) is 10.0. The summed E-state index contributed by atoms with van der Waals surface area (Å²) in [5, 5.41) is 9.22. The summed E-state index contributed by atoms with van der Waals surface area (Å²) in [6.45, 7) is 2.62. The summed E-state index contributed by atoms with van der Waals surface area (Å²) in [5.74, 6) is -0.286. The van der Waals surface area contributed by atoms with Gasteiger partial charge in [0.25, 0.3) is 0 Å². The minimum atomic E-state index is -0.286. The van der Waals surface area contributed by atoms with Gasteiger partial charge >= 0.3 is 0 Å². The molecule has 0 aliphatic rings. The standard InChI is InChI=1S/C15H12BrFN2/c1-2-19(14-5-3-4-13(17)9-14)15-7-6-12(16)8-11(15)10-18/h3-9H,2H2,1H3. The Morgan fingerprint density at radius 2 is 2.05 bits per heavy atom. The number of anilines is 2. The molecule has 0 saturated carbocycles. The van der Waals surface area contributed by atoms with Gasteiger partial charge < -0.3 is 4.90 Å². The Morgan fingerprint density at radius 3 is 2.68 bits per heavy atom. The van der Waals surface area contributed by atoms with Gasteiger partial charge in [-0.3, -0.25) is 0 Å². The van der Waals surface area contributed by atoms with E-state index in [1.54, 1.807) is 12.1 Å². The lowest BCUT2D eigenvalue weighted by atomic mass is 10.1. The van der Waals surface area contributed by atoms with Gasteiger partial charge in [-0.2, -0.15) is 5.26 Å². The van der Waals surface area contributed by atoms with Gasteiger partial charge in [-0.25, -0.2) is 4.39 Å². The predicted molar refractivity (Wildman–Crippen MR) is 77.9 cm³/mol. The van der Waals surface area contributed by atoms with Gasteiger partial charge in [0.15, 0.2) is 0 Å². The van der Waals surface area contributed by atoms with Gasteiger partial charge in [0.1, 0.15) is 11.9 Å². The molecule has 0 spiro atoms. The largest absolute Gasteiger partial charge is 0.341 e. The lowest BCUT2D eigenvalue weighted by Gasteiger charge is -2.24. The molecular formula is C15H12BrFN2. The minimum absolute atomic E-state index is 0.286. The van der Waals surface area contributed by atoms with E-state index in [4.69, 9.17) is 0 Å². The lowest BCUT2D eigenvalue weighted by molar-refractivity contribution is 0.627. The third-order valence-corrected chi connectivity index (χ3v) is 3.30. The zero-order valence-electron chi connectivity index (χ0n) is 10.4. The number of hydrogen-bond donors (Lipinski definition) is 0. The Labute approximate surface area is 120 Å². The molecule has 0 atom stereocenters. The van der Waals surface area contributed by atoms with Gasteiger partial charge in [-0.05, 0) is 43.3 Å². The fourth-order valence-electron chi connectivity index (χ4n) is 1.97. The van der Waals surface area contributed by atoms with Crippen LogP contribution in [0.25, 0.3) is 0 Å². The van der Waals surface area contributed by atoms with Crippen LogP contribution < -0.4 is 4.90 Å². The predicted octanol–water partition coefficient (Wildman–Crippen LogP) is 4.62. The summed E-state index contributed by atoms with van der Waals surface area (Å²) in [5.41, 5.74) is 2.07. The van der Waals surface area contributed by atoms with E-state index in [-0.39, 0.29) is 5.82 Å². The van der Waals surface area contributed by atoms with Crippen molar-refractivity contribution < 1.29 is 4.39 Å². The maximum atomic E-state index is 13.3. The van der Waals surface area contributed by atoms with Crippen LogP contribution in [0, 0.1) is 17.1 Å². The molecule has 0 unspecified atom stereocenters. The summed E-state index contributed by atoms with van der Waals surface area (Å²) in [6, 6.07) is 14.0. The van der Waals surface area contributed by atoms with Gasteiger partial charge in [0, 0.05) is 16.7 Å². The summed E-state index contributed by atoms with van der Waals surface area (Å²) in [6.07, 6.45) is 0. The molecule has 2 aromatic rings. The molecule has 96 valence electrons. The number of nitriles is 1. The summed E-state index contributed by atoms with van der Waals surface area (Å²) in [4.78, 5) is 1.91. The first-order valence-corrected chi connectivity index (χ1v) is 6.67. The number of benzene rings is 2. The smallest absolute Gasteiger partial charge is 0.125 e. The van der Waals surface area contributed by atoms with E-state index in [9.17, 15) is 9.65 Å². The first-order chi connectivity index (χ1) is 9.15. The van der Waals surface area contributed by atoms with Gasteiger partial charge in [0.05, 0.1) is 11.3 Å².